The fourth-order valence-electron chi connectivity index (χ4n) is 3.22. The summed E-state index contributed by atoms with van der Waals surface area (Å²) < 4.78 is 7.16. The summed E-state index contributed by atoms with van der Waals surface area (Å²) in [6.07, 6.45) is 4.85. The van der Waals surface area contributed by atoms with Crippen LogP contribution in [0.1, 0.15) is 17.4 Å². The Morgan fingerprint density at radius 1 is 0.897 bits per heavy atom. The zero-order valence-electron chi connectivity index (χ0n) is 16.0. The summed E-state index contributed by atoms with van der Waals surface area (Å²) in [6.45, 7) is 2.08. The van der Waals surface area contributed by atoms with Crippen LogP contribution in [-0.2, 0) is 4.74 Å². The monoisotopic (exact) mass is 382 g/mol. The number of hydrogen-bond acceptors (Lipinski definition) is 4. The minimum atomic E-state index is -0.409. The summed E-state index contributed by atoms with van der Waals surface area (Å²) >= 11 is 0. The van der Waals surface area contributed by atoms with E-state index in [0.29, 0.717) is 11.5 Å². The Morgan fingerprint density at radius 3 is 2.21 bits per heavy atom. The van der Waals surface area contributed by atoms with Crippen LogP contribution >= 0.6 is 0 Å². The topological polar surface area (TPSA) is 56.0 Å². The molecule has 2 aromatic carbocycles. The fourth-order valence-corrected chi connectivity index (χ4v) is 3.22. The predicted molar refractivity (Wildman–Crippen MR) is 110 cm³/mol. The third-order valence-corrected chi connectivity index (χ3v) is 4.51. The van der Waals surface area contributed by atoms with Gasteiger partial charge in [0.1, 0.15) is 11.9 Å². The standard InChI is InChI=1S/C24H20N3O2/c1-2-29-24(28)22-16-20(18-9-5-3-6-10-18)15-21(19-11-7-4-8-12-19)27(22)23-17-25-13-14-26-23/h3-17H,2H2,1H3/q+1. The van der Waals surface area contributed by atoms with Crippen molar-refractivity contribution < 1.29 is 14.1 Å². The summed E-state index contributed by atoms with van der Waals surface area (Å²) in [5.41, 5.74) is 4.12. The van der Waals surface area contributed by atoms with Crippen molar-refractivity contribution in [1.82, 2.24) is 9.97 Å². The lowest BCUT2D eigenvalue weighted by atomic mass is 10.0. The van der Waals surface area contributed by atoms with Gasteiger partial charge in [0, 0.05) is 11.6 Å². The van der Waals surface area contributed by atoms with E-state index < -0.39 is 5.97 Å². The molecule has 0 N–H and O–H groups in total. The normalized spacial score (nSPS) is 10.5. The second-order valence-corrected chi connectivity index (χ2v) is 6.37. The van der Waals surface area contributed by atoms with E-state index in [0.717, 1.165) is 22.4 Å². The smallest absolute Gasteiger partial charge is 0.378 e. The Morgan fingerprint density at radius 2 is 1.59 bits per heavy atom. The molecule has 2 aromatic heterocycles. The predicted octanol–water partition coefficient (Wildman–Crippen LogP) is 4.26. The average Bonchev–Trinajstić information content (AvgIpc) is 2.80. The van der Waals surface area contributed by atoms with Gasteiger partial charge in [0.05, 0.1) is 12.8 Å². The molecule has 29 heavy (non-hydrogen) atoms. The SMILES string of the molecule is CCOC(=O)c1cc(-c2ccccc2)cc(-c2ccccc2)[n+]1-c1cnccn1. The summed E-state index contributed by atoms with van der Waals surface area (Å²) in [5, 5.41) is 0. The molecule has 0 spiro atoms. The van der Waals surface area contributed by atoms with E-state index in [9.17, 15) is 4.79 Å². The number of carbonyl (C=O) groups excluding carboxylic acids is 1. The van der Waals surface area contributed by atoms with Gasteiger partial charge in [-0.1, -0.05) is 60.7 Å². The molecule has 5 heteroatoms. The minimum Gasteiger partial charge on any atom is -0.460 e. The van der Waals surface area contributed by atoms with Crippen LogP contribution in [0.3, 0.4) is 0 Å². The van der Waals surface area contributed by atoms with Gasteiger partial charge in [0.25, 0.3) is 0 Å². The van der Waals surface area contributed by atoms with Crippen LogP contribution in [-0.4, -0.2) is 22.5 Å². The quantitative estimate of drug-likeness (QED) is 0.382. The molecular formula is C24H20N3O2+. The molecule has 5 nitrogen and oxygen atoms in total. The number of rotatable bonds is 5. The zero-order valence-corrected chi connectivity index (χ0v) is 16.0. The molecule has 0 fully saturated rings. The maximum atomic E-state index is 12.9. The highest BCUT2D eigenvalue weighted by atomic mass is 16.5. The van der Waals surface area contributed by atoms with Crippen molar-refractivity contribution in [3.05, 3.63) is 97.1 Å². The number of nitrogens with zero attached hydrogens (tertiary/aromatic N) is 3. The molecule has 142 valence electrons. The first-order valence-electron chi connectivity index (χ1n) is 9.42. The maximum absolute atomic E-state index is 12.9. The van der Waals surface area contributed by atoms with Crippen LogP contribution in [0.4, 0.5) is 0 Å². The molecule has 4 aromatic rings. The molecular weight excluding hydrogens is 362 g/mol. The van der Waals surface area contributed by atoms with Gasteiger partial charge in [-0.2, -0.15) is 4.57 Å². The summed E-state index contributed by atoms with van der Waals surface area (Å²) in [4.78, 5) is 21.5. The number of aromatic nitrogens is 3. The van der Waals surface area contributed by atoms with Gasteiger partial charge in [-0.25, -0.2) is 4.79 Å². The molecule has 0 saturated heterocycles. The van der Waals surface area contributed by atoms with Gasteiger partial charge in [-0.3, -0.25) is 4.98 Å². The van der Waals surface area contributed by atoms with E-state index in [1.807, 2.05) is 66.7 Å². The van der Waals surface area contributed by atoms with Crippen molar-refractivity contribution in [3.8, 4) is 28.2 Å². The minimum absolute atomic E-state index is 0.287. The number of benzene rings is 2. The second kappa shape index (κ2) is 8.44. The van der Waals surface area contributed by atoms with Gasteiger partial charge in [0.15, 0.2) is 6.20 Å². The molecule has 2 heterocycles. The molecule has 0 saturated carbocycles. The Kier molecular flexibility index (Phi) is 5.38. The van der Waals surface area contributed by atoms with Crippen LogP contribution in [0, 0.1) is 0 Å². The molecule has 0 bridgehead atoms. The van der Waals surface area contributed by atoms with Crippen molar-refractivity contribution in [3.63, 3.8) is 0 Å². The molecule has 4 rings (SSSR count). The van der Waals surface area contributed by atoms with Crippen LogP contribution in [0.15, 0.2) is 91.4 Å². The summed E-state index contributed by atoms with van der Waals surface area (Å²) in [5.74, 6) is 0.141. The molecule has 0 aliphatic rings. The first kappa shape index (κ1) is 18.5. The molecule has 0 radical (unpaired) electrons. The lowest BCUT2D eigenvalue weighted by molar-refractivity contribution is -0.591. The number of ether oxygens (including phenoxy) is 1. The van der Waals surface area contributed by atoms with Gasteiger partial charge in [-0.15, -0.1) is 0 Å². The molecule has 0 atom stereocenters. The van der Waals surface area contributed by atoms with Crippen molar-refractivity contribution in [1.29, 1.82) is 0 Å². The Hall–Kier alpha value is -3.86. The summed E-state index contributed by atoms with van der Waals surface area (Å²) in [7, 11) is 0. The van der Waals surface area contributed by atoms with Crippen LogP contribution < -0.4 is 4.57 Å². The van der Waals surface area contributed by atoms with Crippen molar-refractivity contribution in [2.45, 2.75) is 6.92 Å². The highest BCUT2D eigenvalue weighted by Gasteiger charge is 2.26. The Labute approximate surface area is 169 Å². The van der Waals surface area contributed by atoms with E-state index in [-0.39, 0.29) is 6.61 Å². The number of esters is 1. The van der Waals surface area contributed by atoms with Gasteiger partial charge < -0.3 is 4.74 Å². The summed E-state index contributed by atoms with van der Waals surface area (Å²) in [6, 6.07) is 23.8. The Balaban J connectivity index is 2.05. The molecule has 0 unspecified atom stereocenters. The average molecular weight is 382 g/mol. The zero-order chi connectivity index (χ0) is 20.1. The largest absolute Gasteiger partial charge is 0.460 e. The number of carbonyl (C=O) groups is 1. The van der Waals surface area contributed by atoms with E-state index in [2.05, 4.69) is 16.0 Å². The molecule has 0 amide bonds. The first-order chi connectivity index (χ1) is 14.3. The number of pyridine rings is 1. The van der Waals surface area contributed by atoms with Crippen molar-refractivity contribution in [2.24, 2.45) is 0 Å². The van der Waals surface area contributed by atoms with E-state index in [4.69, 9.17) is 4.74 Å². The maximum Gasteiger partial charge on any atom is 0.378 e. The third kappa shape index (κ3) is 3.89. The van der Waals surface area contributed by atoms with Crippen LogP contribution in [0.25, 0.3) is 28.2 Å². The van der Waals surface area contributed by atoms with Crippen molar-refractivity contribution >= 4 is 5.97 Å². The van der Waals surface area contributed by atoms with Crippen molar-refractivity contribution in [2.75, 3.05) is 6.61 Å². The van der Waals surface area contributed by atoms with E-state index in [1.165, 1.54) is 0 Å². The van der Waals surface area contributed by atoms with E-state index >= 15 is 0 Å². The lowest BCUT2D eigenvalue weighted by Gasteiger charge is -2.13. The molecule has 0 aliphatic carbocycles. The highest BCUT2D eigenvalue weighted by Crippen LogP contribution is 2.26. The van der Waals surface area contributed by atoms with Crippen LogP contribution in [0.2, 0.25) is 0 Å². The second-order valence-electron chi connectivity index (χ2n) is 6.37. The van der Waals surface area contributed by atoms with Gasteiger partial charge >= 0.3 is 11.8 Å². The highest BCUT2D eigenvalue weighted by molar-refractivity contribution is 5.88. The van der Waals surface area contributed by atoms with E-state index in [1.54, 1.807) is 30.1 Å². The third-order valence-electron chi connectivity index (χ3n) is 4.51. The fraction of sp³-hybridized carbons (Fsp3) is 0.0833. The van der Waals surface area contributed by atoms with Crippen LogP contribution in [0.5, 0.6) is 0 Å². The van der Waals surface area contributed by atoms with Gasteiger partial charge in [0.2, 0.25) is 5.69 Å². The molecule has 0 aliphatic heterocycles. The lowest BCUT2D eigenvalue weighted by Crippen LogP contribution is -2.42. The van der Waals surface area contributed by atoms with Gasteiger partial charge in [-0.05, 0) is 29.1 Å². The number of hydrogen-bond donors (Lipinski definition) is 0. The Bertz CT molecular complexity index is 1110. The first-order valence-corrected chi connectivity index (χ1v) is 9.42.